The van der Waals surface area contributed by atoms with Crippen LogP contribution in [0.2, 0.25) is 0 Å². The molecule has 1 amide bonds. The van der Waals surface area contributed by atoms with Gasteiger partial charge in [0.1, 0.15) is 0 Å². The summed E-state index contributed by atoms with van der Waals surface area (Å²) in [5.41, 5.74) is 3.07. The van der Waals surface area contributed by atoms with Crippen molar-refractivity contribution < 1.29 is 18.0 Å². The van der Waals surface area contributed by atoms with Crippen LogP contribution in [0.5, 0.6) is 0 Å². The summed E-state index contributed by atoms with van der Waals surface area (Å²) >= 11 is 0. The summed E-state index contributed by atoms with van der Waals surface area (Å²) in [4.78, 5) is 16.8. The molecule has 0 aliphatic heterocycles. The molecule has 1 aromatic heterocycles. The standard InChI is InChI=1S/C23H19F3N2O/c1-15-19-10-3-4-11-21(19)28-16(2)20(15)14-22(29)27-12-6-8-17-7-5-9-18(13-17)23(24,25)26/h3-5,7,9-11,13H,12,14H2,1-2H3,(H,27,29). The van der Waals surface area contributed by atoms with Gasteiger partial charge in [0.15, 0.2) is 0 Å². The van der Waals surface area contributed by atoms with Gasteiger partial charge in [-0.2, -0.15) is 13.2 Å². The van der Waals surface area contributed by atoms with Gasteiger partial charge in [0, 0.05) is 16.6 Å². The molecule has 148 valence electrons. The van der Waals surface area contributed by atoms with Crippen LogP contribution in [0.1, 0.15) is 27.9 Å². The molecule has 3 rings (SSSR count). The van der Waals surface area contributed by atoms with Crippen LogP contribution in [0, 0.1) is 25.7 Å². The van der Waals surface area contributed by atoms with Crippen molar-refractivity contribution in [1.82, 2.24) is 10.3 Å². The van der Waals surface area contributed by atoms with E-state index in [-0.39, 0.29) is 24.4 Å². The van der Waals surface area contributed by atoms with E-state index in [4.69, 9.17) is 0 Å². The number of amides is 1. The van der Waals surface area contributed by atoms with Crippen molar-refractivity contribution >= 4 is 16.8 Å². The number of halogens is 3. The predicted molar refractivity (Wildman–Crippen MR) is 106 cm³/mol. The maximum absolute atomic E-state index is 12.7. The van der Waals surface area contributed by atoms with E-state index in [2.05, 4.69) is 22.1 Å². The Labute approximate surface area is 167 Å². The van der Waals surface area contributed by atoms with Gasteiger partial charge in [-0.25, -0.2) is 0 Å². The Balaban J connectivity index is 1.65. The smallest absolute Gasteiger partial charge is 0.345 e. The normalized spacial score (nSPS) is 11.1. The van der Waals surface area contributed by atoms with Crippen molar-refractivity contribution in [2.45, 2.75) is 26.4 Å². The molecule has 2 aromatic carbocycles. The van der Waals surface area contributed by atoms with Crippen LogP contribution in [0.25, 0.3) is 10.9 Å². The number of fused-ring (bicyclic) bond motifs is 1. The summed E-state index contributed by atoms with van der Waals surface area (Å²) in [6, 6.07) is 12.5. The van der Waals surface area contributed by atoms with Crippen LogP contribution in [0.3, 0.4) is 0 Å². The van der Waals surface area contributed by atoms with Crippen molar-refractivity contribution in [2.24, 2.45) is 0 Å². The molecule has 6 heteroatoms. The molecule has 0 atom stereocenters. The van der Waals surface area contributed by atoms with Gasteiger partial charge in [0.25, 0.3) is 0 Å². The van der Waals surface area contributed by atoms with E-state index >= 15 is 0 Å². The monoisotopic (exact) mass is 396 g/mol. The topological polar surface area (TPSA) is 42.0 Å². The van der Waals surface area contributed by atoms with E-state index < -0.39 is 11.7 Å². The lowest BCUT2D eigenvalue weighted by molar-refractivity contribution is -0.137. The number of para-hydroxylation sites is 1. The second kappa shape index (κ2) is 8.36. The minimum atomic E-state index is -4.41. The van der Waals surface area contributed by atoms with Gasteiger partial charge in [0.05, 0.1) is 24.0 Å². The first-order valence-corrected chi connectivity index (χ1v) is 9.03. The predicted octanol–water partition coefficient (Wildman–Crippen LogP) is 4.58. The third-order valence-corrected chi connectivity index (χ3v) is 4.62. The van der Waals surface area contributed by atoms with Crippen molar-refractivity contribution in [2.75, 3.05) is 6.54 Å². The highest BCUT2D eigenvalue weighted by Gasteiger charge is 2.30. The molecule has 0 saturated carbocycles. The summed E-state index contributed by atoms with van der Waals surface area (Å²) in [6.07, 6.45) is -4.24. The van der Waals surface area contributed by atoms with Crippen LogP contribution < -0.4 is 5.32 Å². The number of rotatable bonds is 3. The van der Waals surface area contributed by atoms with Crippen LogP contribution in [-0.2, 0) is 17.4 Å². The molecule has 0 spiro atoms. The van der Waals surface area contributed by atoms with E-state index in [0.29, 0.717) is 0 Å². The van der Waals surface area contributed by atoms with Crippen molar-refractivity contribution in [3.63, 3.8) is 0 Å². The van der Waals surface area contributed by atoms with Crippen molar-refractivity contribution in [1.29, 1.82) is 0 Å². The second-order valence-corrected chi connectivity index (χ2v) is 6.65. The Kier molecular flexibility index (Phi) is 5.88. The van der Waals surface area contributed by atoms with Gasteiger partial charge < -0.3 is 5.32 Å². The summed E-state index contributed by atoms with van der Waals surface area (Å²) in [5, 5.41) is 3.69. The van der Waals surface area contributed by atoms with Crippen molar-refractivity contribution in [3.8, 4) is 11.8 Å². The Morgan fingerprint density at radius 3 is 2.62 bits per heavy atom. The molecule has 0 saturated heterocycles. The van der Waals surface area contributed by atoms with Gasteiger partial charge in [0.2, 0.25) is 5.91 Å². The van der Waals surface area contributed by atoms with Crippen LogP contribution in [0.15, 0.2) is 48.5 Å². The number of pyridine rings is 1. The zero-order valence-electron chi connectivity index (χ0n) is 16.0. The van der Waals surface area contributed by atoms with E-state index in [1.807, 2.05) is 38.1 Å². The van der Waals surface area contributed by atoms with Crippen LogP contribution in [-0.4, -0.2) is 17.4 Å². The number of nitrogens with one attached hydrogen (secondary N) is 1. The molecule has 3 nitrogen and oxygen atoms in total. The molecule has 29 heavy (non-hydrogen) atoms. The second-order valence-electron chi connectivity index (χ2n) is 6.65. The third-order valence-electron chi connectivity index (χ3n) is 4.62. The van der Waals surface area contributed by atoms with Gasteiger partial charge in [-0.05, 0) is 49.2 Å². The number of carbonyl (C=O) groups is 1. The minimum Gasteiger partial charge on any atom is -0.345 e. The first-order chi connectivity index (χ1) is 13.8. The van der Waals surface area contributed by atoms with Gasteiger partial charge in [-0.15, -0.1) is 0 Å². The Morgan fingerprint density at radius 1 is 1.10 bits per heavy atom. The average molecular weight is 396 g/mol. The van der Waals surface area contributed by atoms with Crippen molar-refractivity contribution in [3.05, 3.63) is 76.5 Å². The first kappa shape index (κ1) is 20.4. The maximum Gasteiger partial charge on any atom is 0.416 e. The average Bonchev–Trinajstić information content (AvgIpc) is 2.68. The SMILES string of the molecule is Cc1nc2ccccc2c(C)c1CC(=O)NCC#Cc1cccc(C(F)(F)F)c1. The number of nitrogens with zero attached hydrogens (tertiary/aromatic N) is 1. The molecule has 1 heterocycles. The molecule has 3 aromatic rings. The quantitative estimate of drug-likeness (QED) is 0.659. The largest absolute Gasteiger partial charge is 0.416 e. The Hall–Kier alpha value is -3.33. The lowest BCUT2D eigenvalue weighted by Gasteiger charge is -2.12. The number of benzene rings is 2. The van der Waals surface area contributed by atoms with Crippen LogP contribution >= 0.6 is 0 Å². The van der Waals surface area contributed by atoms with Crippen LogP contribution in [0.4, 0.5) is 13.2 Å². The third kappa shape index (κ3) is 4.94. The zero-order chi connectivity index (χ0) is 21.0. The lowest BCUT2D eigenvalue weighted by Crippen LogP contribution is -2.26. The number of hydrogen-bond acceptors (Lipinski definition) is 2. The molecule has 0 fully saturated rings. The minimum absolute atomic E-state index is 0.0498. The van der Waals surface area contributed by atoms with E-state index in [9.17, 15) is 18.0 Å². The highest BCUT2D eigenvalue weighted by atomic mass is 19.4. The number of aryl methyl sites for hydroxylation is 2. The highest BCUT2D eigenvalue weighted by molar-refractivity contribution is 5.86. The lowest BCUT2D eigenvalue weighted by atomic mass is 9.99. The number of aromatic nitrogens is 1. The van der Waals surface area contributed by atoms with Gasteiger partial charge in [-0.3, -0.25) is 9.78 Å². The number of carbonyl (C=O) groups excluding carboxylic acids is 1. The molecule has 0 radical (unpaired) electrons. The zero-order valence-corrected chi connectivity index (χ0v) is 16.0. The fraction of sp³-hybridized carbons (Fsp3) is 0.217. The van der Waals surface area contributed by atoms with E-state index in [1.165, 1.54) is 12.1 Å². The molecular formula is C23H19F3N2O. The summed E-state index contributed by atoms with van der Waals surface area (Å²) in [6.45, 7) is 3.89. The van der Waals surface area contributed by atoms with E-state index in [1.54, 1.807) is 0 Å². The fourth-order valence-corrected chi connectivity index (χ4v) is 3.12. The summed E-state index contributed by atoms with van der Waals surface area (Å²) in [5.74, 6) is 5.12. The van der Waals surface area contributed by atoms with E-state index in [0.717, 1.165) is 39.9 Å². The fourth-order valence-electron chi connectivity index (χ4n) is 3.12. The molecule has 0 bridgehead atoms. The van der Waals surface area contributed by atoms with Gasteiger partial charge >= 0.3 is 6.18 Å². The Morgan fingerprint density at radius 2 is 1.86 bits per heavy atom. The summed E-state index contributed by atoms with van der Waals surface area (Å²) < 4.78 is 38.2. The first-order valence-electron chi connectivity index (χ1n) is 9.03. The molecule has 0 unspecified atom stereocenters. The molecular weight excluding hydrogens is 377 g/mol. The number of hydrogen-bond donors (Lipinski definition) is 1. The number of alkyl halides is 3. The maximum atomic E-state index is 12.7. The summed E-state index contributed by atoms with van der Waals surface area (Å²) in [7, 11) is 0. The Bertz CT molecular complexity index is 1120. The molecule has 0 aliphatic rings. The van der Waals surface area contributed by atoms with Gasteiger partial charge in [-0.1, -0.05) is 36.1 Å². The highest BCUT2D eigenvalue weighted by Crippen LogP contribution is 2.29. The molecule has 0 aliphatic carbocycles. The molecule has 1 N–H and O–H groups in total.